The molecule has 1 amide bonds. The van der Waals surface area contributed by atoms with Gasteiger partial charge in [-0.2, -0.15) is 0 Å². The van der Waals surface area contributed by atoms with Gasteiger partial charge in [0.2, 0.25) is 0 Å². The molecule has 3 aromatic carbocycles. The molecule has 1 fully saturated rings. The van der Waals surface area contributed by atoms with Gasteiger partial charge in [0, 0.05) is 37.4 Å². The number of aryl methyl sites for hydroxylation is 1. The molecule has 0 radical (unpaired) electrons. The second-order valence-corrected chi connectivity index (χ2v) is 8.59. The van der Waals surface area contributed by atoms with Crippen LogP contribution in [0.3, 0.4) is 0 Å². The lowest BCUT2D eigenvalue weighted by Crippen LogP contribution is -2.30. The van der Waals surface area contributed by atoms with Crippen LogP contribution in [-0.2, 0) is 13.1 Å². The summed E-state index contributed by atoms with van der Waals surface area (Å²) in [6, 6.07) is 23.3. The van der Waals surface area contributed by atoms with E-state index in [0.29, 0.717) is 11.3 Å². The molecule has 5 nitrogen and oxygen atoms in total. The molecule has 0 unspecified atom stereocenters. The first-order valence-electron chi connectivity index (χ1n) is 11.2. The summed E-state index contributed by atoms with van der Waals surface area (Å²) < 4.78 is 0. The van der Waals surface area contributed by atoms with E-state index < -0.39 is 0 Å². The standard InChI is InChI=1S/C27H31N3O2/c1-21-6-12-25(13-7-21)28-27(32)24-10-8-22(9-11-24)19-29-14-3-15-30(17-16-29)20-23-4-2-5-26(31)18-23/h2,4-13,18,31H,3,14-17,19-20H2,1H3,(H,28,32). The number of phenolic OH excluding ortho intramolecular Hbond substituents is 1. The van der Waals surface area contributed by atoms with Gasteiger partial charge in [0.1, 0.15) is 5.75 Å². The number of carbonyl (C=O) groups is 1. The Morgan fingerprint density at radius 3 is 2.16 bits per heavy atom. The van der Waals surface area contributed by atoms with Crippen molar-refractivity contribution < 1.29 is 9.90 Å². The van der Waals surface area contributed by atoms with Crippen molar-refractivity contribution in [2.75, 3.05) is 31.5 Å². The van der Waals surface area contributed by atoms with E-state index in [1.165, 1.54) is 11.1 Å². The quantitative estimate of drug-likeness (QED) is 0.598. The molecule has 1 aliphatic rings. The first-order valence-corrected chi connectivity index (χ1v) is 11.2. The van der Waals surface area contributed by atoms with Crippen molar-refractivity contribution in [1.29, 1.82) is 0 Å². The Kier molecular flexibility index (Phi) is 7.20. The van der Waals surface area contributed by atoms with Crippen molar-refractivity contribution in [2.24, 2.45) is 0 Å². The van der Waals surface area contributed by atoms with E-state index in [2.05, 4.69) is 33.3 Å². The van der Waals surface area contributed by atoms with Crippen molar-refractivity contribution in [3.05, 3.63) is 95.1 Å². The van der Waals surface area contributed by atoms with Crippen LogP contribution >= 0.6 is 0 Å². The van der Waals surface area contributed by atoms with E-state index in [4.69, 9.17) is 0 Å². The van der Waals surface area contributed by atoms with E-state index in [0.717, 1.165) is 56.9 Å². The molecule has 4 rings (SSSR count). The van der Waals surface area contributed by atoms with Gasteiger partial charge >= 0.3 is 0 Å². The Bertz CT molecular complexity index is 1030. The largest absolute Gasteiger partial charge is 0.508 e. The van der Waals surface area contributed by atoms with Crippen molar-refractivity contribution in [2.45, 2.75) is 26.4 Å². The molecule has 0 aliphatic carbocycles. The molecular weight excluding hydrogens is 398 g/mol. The summed E-state index contributed by atoms with van der Waals surface area (Å²) in [7, 11) is 0. The molecule has 2 N–H and O–H groups in total. The summed E-state index contributed by atoms with van der Waals surface area (Å²) >= 11 is 0. The van der Waals surface area contributed by atoms with Crippen LogP contribution in [-0.4, -0.2) is 47.0 Å². The summed E-state index contributed by atoms with van der Waals surface area (Å²) in [4.78, 5) is 17.4. The highest BCUT2D eigenvalue weighted by Crippen LogP contribution is 2.16. The molecule has 166 valence electrons. The van der Waals surface area contributed by atoms with Gasteiger partial charge in [-0.1, -0.05) is 42.0 Å². The molecule has 0 aromatic heterocycles. The second-order valence-electron chi connectivity index (χ2n) is 8.59. The van der Waals surface area contributed by atoms with E-state index in [1.54, 1.807) is 6.07 Å². The zero-order valence-corrected chi connectivity index (χ0v) is 18.6. The number of hydrogen-bond acceptors (Lipinski definition) is 4. The number of nitrogens with one attached hydrogen (secondary N) is 1. The van der Waals surface area contributed by atoms with Crippen molar-refractivity contribution in [3.63, 3.8) is 0 Å². The fourth-order valence-electron chi connectivity index (χ4n) is 4.11. The number of aromatic hydroxyl groups is 1. The third kappa shape index (κ3) is 6.19. The Hall–Kier alpha value is -3.15. The number of nitrogens with zero attached hydrogens (tertiary/aromatic N) is 2. The molecule has 1 heterocycles. The van der Waals surface area contributed by atoms with Gasteiger partial charge in [0.05, 0.1) is 0 Å². The molecule has 0 bridgehead atoms. The van der Waals surface area contributed by atoms with Crippen LogP contribution in [0.2, 0.25) is 0 Å². The van der Waals surface area contributed by atoms with Crippen LogP contribution in [0.5, 0.6) is 5.75 Å². The molecule has 1 aliphatic heterocycles. The molecule has 32 heavy (non-hydrogen) atoms. The molecule has 1 saturated heterocycles. The maximum Gasteiger partial charge on any atom is 0.255 e. The minimum absolute atomic E-state index is 0.0854. The van der Waals surface area contributed by atoms with Crippen LogP contribution in [0, 0.1) is 6.92 Å². The number of benzene rings is 3. The first-order chi connectivity index (χ1) is 15.5. The Labute approximate surface area is 190 Å². The van der Waals surface area contributed by atoms with Crippen LogP contribution < -0.4 is 5.32 Å². The van der Waals surface area contributed by atoms with E-state index in [9.17, 15) is 9.90 Å². The molecule has 0 spiro atoms. The van der Waals surface area contributed by atoms with E-state index >= 15 is 0 Å². The maximum atomic E-state index is 12.5. The van der Waals surface area contributed by atoms with Gasteiger partial charge in [-0.05, 0) is 74.0 Å². The predicted molar refractivity (Wildman–Crippen MR) is 129 cm³/mol. The van der Waals surface area contributed by atoms with Crippen LogP contribution in [0.15, 0.2) is 72.8 Å². The SMILES string of the molecule is Cc1ccc(NC(=O)c2ccc(CN3CCCN(Cc4cccc(O)c4)CC3)cc2)cc1. The first kappa shape index (κ1) is 22.1. The summed E-state index contributed by atoms with van der Waals surface area (Å²) in [5.41, 5.74) is 5.02. The highest BCUT2D eigenvalue weighted by Gasteiger charge is 2.16. The van der Waals surface area contributed by atoms with Gasteiger partial charge in [0.15, 0.2) is 0 Å². The molecule has 0 atom stereocenters. The molecule has 3 aromatic rings. The smallest absolute Gasteiger partial charge is 0.255 e. The van der Waals surface area contributed by atoms with Gasteiger partial charge < -0.3 is 10.4 Å². The van der Waals surface area contributed by atoms with Gasteiger partial charge in [0.25, 0.3) is 5.91 Å². The lowest BCUT2D eigenvalue weighted by atomic mass is 10.1. The summed E-state index contributed by atoms with van der Waals surface area (Å²) in [6.07, 6.45) is 1.12. The minimum Gasteiger partial charge on any atom is -0.508 e. The summed E-state index contributed by atoms with van der Waals surface area (Å²) in [5, 5.41) is 12.6. The molecule has 5 heteroatoms. The number of hydrogen-bond donors (Lipinski definition) is 2. The number of carbonyl (C=O) groups excluding carboxylic acids is 1. The van der Waals surface area contributed by atoms with E-state index in [-0.39, 0.29) is 5.91 Å². The molecular formula is C27H31N3O2. The Balaban J connectivity index is 1.28. The topological polar surface area (TPSA) is 55.8 Å². The average molecular weight is 430 g/mol. The summed E-state index contributed by atoms with van der Waals surface area (Å²) in [5.74, 6) is 0.243. The second kappa shape index (κ2) is 10.4. The number of rotatable bonds is 6. The van der Waals surface area contributed by atoms with Crippen molar-refractivity contribution in [3.8, 4) is 5.75 Å². The fraction of sp³-hybridized carbons (Fsp3) is 0.296. The predicted octanol–water partition coefficient (Wildman–Crippen LogP) is 4.66. The molecule has 0 saturated carbocycles. The third-order valence-corrected chi connectivity index (χ3v) is 5.93. The van der Waals surface area contributed by atoms with Gasteiger partial charge in [-0.25, -0.2) is 0 Å². The van der Waals surface area contributed by atoms with Crippen molar-refractivity contribution >= 4 is 11.6 Å². The third-order valence-electron chi connectivity index (χ3n) is 5.93. The Morgan fingerprint density at radius 2 is 1.50 bits per heavy atom. The van der Waals surface area contributed by atoms with Crippen molar-refractivity contribution in [1.82, 2.24) is 9.80 Å². The highest BCUT2D eigenvalue weighted by atomic mass is 16.3. The fourth-order valence-corrected chi connectivity index (χ4v) is 4.11. The van der Waals surface area contributed by atoms with Gasteiger partial charge in [-0.3, -0.25) is 14.6 Å². The van der Waals surface area contributed by atoms with E-state index in [1.807, 2.05) is 55.5 Å². The number of phenols is 1. The number of anilines is 1. The normalized spacial score (nSPS) is 15.3. The van der Waals surface area contributed by atoms with Crippen LogP contribution in [0.25, 0.3) is 0 Å². The average Bonchev–Trinajstić information content (AvgIpc) is 3.01. The van der Waals surface area contributed by atoms with Crippen LogP contribution in [0.4, 0.5) is 5.69 Å². The zero-order chi connectivity index (χ0) is 22.3. The van der Waals surface area contributed by atoms with Gasteiger partial charge in [-0.15, -0.1) is 0 Å². The summed E-state index contributed by atoms with van der Waals surface area (Å²) in [6.45, 7) is 7.92. The number of amides is 1. The highest BCUT2D eigenvalue weighted by molar-refractivity contribution is 6.04. The monoisotopic (exact) mass is 429 g/mol. The Morgan fingerprint density at radius 1 is 0.844 bits per heavy atom. The van der Waals surface area contributed by atoms with Crippen LogP contribution in [0.1, 0.15) is 33.5 Å². The maximum absolute atomic E-state index is 12.5. The minimum atomic E-state index is -0.0854. The zero-order valence-electron chi connectivity index (χ0n) is 18.6. The lowest BCUT2D eigenvalue weighted by molar-refractivity contribution is 0.102. The lowest BCUT2D eigenvalue weighted by Gasteiger charge is -2.22.